The lowest BCUT2D eigenvalue weighted by Gasteiger charge is -2.22. The lowest BCUT2D eigenvalue weighted by Crippen LogP contribution is -2.12. The van der Waals surface area contributed by atoms with Crippen LogP contribution in [0.15, 0.2) is 12.1 Å². The van der Waals surface area contributed by atoms with Gasteiger partial charge in [0.05, 0.1) is 12.0 Å². The molecule has 3 heteroatoms. The predicted molar refractivity (Wildman–Crippen MR) is 49.8 cm³/mol. The van der Waals surface area contributed by atoms with E-state index < -0.39 is 0 Å². The van der Waals surface area contributed by atoms with E-state index >= 15 is 0 Å². The number of fused-ring (bicyclic) bond motifs is 1. The quantitative estimate of drug-likeness (QED) is 0.585. The van der Waals surface area contributed by atoms with Gasteiger partial charge in [0.1, 0.15) is 0 Å². The van der Waals surface area contributed by atoms with Gasteiger partial charge in [-0.2, -0.15) is 0 Å². The van der Waals surface area contributed by atoms with Gasteiger partial charge in [0, 0.05) is 12.0 Å². The first-order chi connectivity index (χ1) is 6.18. The van der Waals surface area contributed by atoms with Crippen LogP contribution in [0.3, 0.4) is 0 Å². The van der Waals surface area contributed by atoms with Crippen molar-refractivity contribution in [3.05, 3.63) is 29.1 Å². The summed E-state index contributed by atoms with van der Waals surface area (Å²) in [5, 5.41) is -0.113. The van der Waals surface area contributed by atoms with E-state index in [2.05, 4.69) is 0 Å². The number of ether oxygens (including phenoxy) is 1. The minimum absolute atomic E-state index is 0.113. The summed E-state index contributed by atoms with van der Waals surface area (Å²) in [7, 11) is 0. The molecule has 0 spiro atoms. The minimum Gasteiger partial charge on any atom is -0.490 e. The number of rotatable bonds is 0. The summed E-state index contributed by atoms with van der Waals surface area (Å²) in [4.78, 5) is 0. The van der Waals surface area contributed by atoms with E-state index in [9.17, 15) is 4.39 Å². The Kier molecular flexibility index (Phi) is 2.16. The zero-order valence-electron chi connectivity index (χ0n) is 7.31. The van der Waals surface area contributed by atoms with E-state index in [-0.39, 0.29) is 11.2 Å². The maximum Gasteiger partial charge on any atom is 0.165 e. The lowest BCUT2D eigenvalue weighted by atomic mass is 10.0. The molecule has 1 aromatic carbocycles. The van der Waals surface area contributed by atoms with Crippen molar-refractivity contribution in [2.45, 2.75) is 18.7 Å². The Morgan fingerprint density at radius 1 is 1.54 bits per heavy atom. The highest BCUT2D eigenvalue weighted by Crippen LogP contribution is 2.38. The molecule has 1 unspecified atom stereocenters. The van der Waals surface area contributed by atoms with Gasteiger partial charge in [-0.05, 0) is 18.6 Å². The van der Waals surface area contributed by atoms with E-state index in [0.29, 0.717) is 12.4 Å². The third-order valence-corrected chi connectivity index (χ3v) is 2.63. The molecule has 1 nitrogen and oxygen atoms in total. The normalized spacial score (nSPS) is 20.7. The molecule has 0 amide bonds. The number of hydrogen-bond donors (Lipinski definition) is 0. The van der Waals surface area contributed by atoms with Crippen molar-refractivity contribution in [1.29, 1.82) is 0 Å². The Hall–Kier alpha value is -0.760. The summed E-state index contributed by atoms with van der Waals surface area (Å²) in [5.74, 6) is 0.0252. The number of halogens is 2. The predicted octanol–water partition coefficient (Wildman–Crippen LogP) is 3.20. The molecule has 0 saturated carbocycles. The third kappa shape index (κ3) is 1.51. The second-order valence-corrected chi connectivity index (χ2v) is 3.80. The highest BCUT2D eigenvalue weighted by atomic mass is 35.5. The second kappa shape index (κ2) is 3.18. The van der Waals surface area contributed by atoms with Crippen LogP contribution in [0.2, 0.25) is 0 Å². The maximum absolute atomic E-state index is 13.3. The summed E-state index contributed by atoms with van der Waals surface area (Å²) < 4.78 is 18.5. The van der Waals surface area contributed by atoms with Crippen LogP contribution in [-0.2, 0) is 0 Å². The van der Waals surface area contributed by atoms with Gasteiger partial charge in [-0.1, -0.05) is 6.07 Å². The van der Waals surface area contributed by atoms with Crippen LogP contribution in [0.5, 0.6) is 5.75 Å². The molecule has 2 rings (SSSR count). The lowest BCUT2D eigenvalue weighted by molar-refractivity contribution is 0.270. The molecule has 0 aromatic heterocycles. The number of benzene rings is 1. The summed E-state index contributed by atoms with van der Waals surface area (Å²) in [6, 6.07) is 3.35. The van der Waals surface area contributed by atoms with Gasteiger partial charge in [0.25, 0.3) is 0 Å². The van der Waals surface area contributed by atoms with Crippen molar-refractivity contribution in [3.8, 4) is 5.75 Å². The maximum atomic E-state index is 13.3. The average molecular weight is 201 g/mol. The molecule has 1 aromatic rings. The molecule has 13 heavy (non-hydrogen) atoms. The van der Waals surface area contributed by atoms with Crippen LogP contribution in [0, 0.1) is 12.7 Å². The van der Waals surface area contributed by atoms with E-state index in [1.165, 1.54) is 6.07 Å². The van der Waals surface area contributed by atoms with Crippen molar-refractivity contribution in [3.63, 3.8) is 0 Å². The summed E-state index contributed by atoms with van der Waals surface area (Å²) in [6.45, 7) is 2.35. The molecular formula is C10H10ClFO. The summed E-state index contributed by atoms with van der Waals surface area (Å²) >= 11 is 6.04. The zero-order valence-corrected chi connectivity index (χ0v) is 8.07. The van der Waals surface area contributed by atoms with Gasteiger partial charge in [-0.15, -0.1) is 11.6 Å². The monoisotopic (exact) mass is 200 g/mol. The fourth-order valence-corrected chi connectivity index (χ4v) is 1.81. The molecule has 0 bridgehead atoms. The Labute approximate surface area is 81.5 Å². The topological polar surface area (TPSA) is 9.23 Å². The van der Waals surface area contributed by atoms with Crippen LogP contribution in [0.1, 0.15) is 22.9 Å². The van der Waals surface area contributed by atoms with Gasteiger partial charge < -0.3 is 4.74 Å². The molecule has 1 aliphatic rings. The highest BCUT2D eigenvalue weighted by Gasteiger charge is 2.22. The smallest absolute Gasteiger partial charge is 0.165 e. The number of hydrogen-bond acceptors (Lipinski definition) is 1. The molecule has 0 saturated heterocycles. The van der Waals surface area contributed by atoms with Crippen molar-refractivity contribution in [2.24, 2.45) is 0 Å². The largest absolute Gasteiger partial charge is 0.490 e. The Bertz CT molecular complexity index is 338. The molecule has 1 heterocycles. The molecule has 0 radical (unpaired) electrons. The van der Waals surface area contributed by atoms with Crippen LogP contribution in [0.4, 0.5) is 4.39 Å². The van der Waals surface area contributed by atoms with Crippen LogP contribution in [0.25, 0.3) is 0 Å². The molecule has 1 aliphatic heterocycles. The van der Waals surface area contributed by atoms with E-state index in [1.807, 2.05) is 13.0 Å². The van der Waals surface area contributed by atoms with E-state index in [0.717, 1.165) is 17.5 Å². The minimum atomic E-state index is -0.305. The molecule has 1 atom stereocenters. The van der Waals surface area contributed by atoms with Crippen molar-refractivity contribution < 1.29 is 9.13 Å². The standard InChI is InChI=1S/C10H10ClFO/c1-6-4-7-8(11)2-3-13-10(7)9(12)5-6/h4-5,8H,2-3H2,1H3. The first kappa shape index (κ1) is 8.82. The average Bonchev–Trinajstić information content (AvgIpc) is 2.07. The zero-order chi connectivity index (χ0) is 9.42. The fourth-order valence-electron chi connectivity index (χ4n) is 1.56. The van der Waals surface area contributed by atoms with Crippen LogP contribution in [-0.4, -0.2) is 6.61 Å². The first-order valence-corrected chi connectivity index (χ1v) is 4.69. The second-order valence-electron chi connectivity index (χ2n) is 3.27. The molecule has 0 aliphatic carbocycles. The first-order valence-electron chi connectivity index (χ1n) is 4.25. The van der Waals surface area contributed by atoms with Gasteiger partial charge >= 0.3 is 0 Å². The van der Waals surface area contributed by atoms with Crippen molar-refractivity contribution in [1.82, 2.24) is 0 Å². The third-order valence-electron chi connectivity index (χ3n) is 2.17. The Morgan fingerprint density at radius 3 is 3.08 bits per heavy atom. The Balaban J connectivity index is 2.56. The van der Waals surface area contributed by atoms with E-state index in [4.69, 9.17) is 16.3 Å². The van der Waals surface area contributed by atoms with Crippen LogP contribution < -0.4 is 4.74 Å². The molecule has 0 fully saturated rings. The van der Waals surface area contributed by atoms with Crippen LogP contribution >= 0.6 is 11.6 Å². The van der Waals surface area contributed by atoms with Gasteiger partial charge in [-0.25, -0.2) is 4.39 Å². The van der Waals surface area contributed by atoms with Gasteiger partial charge in [0.2, 0.25) is 0 Å². The summed E-state index contributed by atoms with van der Waals surface area (Å²) in [6.07, 6.45) is 0.747. The number of aryl methyl sites for hydroxylation is 1. The fraction of sp³-hybridized carbons (Fsp3) is 0.400. The molecular weight excluding hydrogens is 191 g/mol. The summed E-state index contributed by atoms with van der Waals surface area (Å²) in [5.41, 5.74) is 1.66. The van der Waals surface area contributed by atoms with Gasteiger partial charge in [-0.3, -0.25) is 0 Å². The highest BCUT2D eigenvalue weighted by molar-refractivity contribution is 6.21. The molecule has 0 N–H and O–H groups in total. The van der Waals surface area contributed by atoms with Crippen molar-refractivity contribution >= 4 is 11.6 Å². The number of alkyl halides is 1. The van der Waals surface area contributed by atoms with Gasteiger partial charge in [0.15, 0.2) is 11.6 Å². The SMILES string of the molecule is Cc1cc(F)c2c(c1)C(Cl)CCO2. The van der Waals surface area contributed by atoms with E-state index in [1.54, 1.807) is 0 Å². The molecule has 70 valence electrons. The van der Waals surface area contributed by atoms with Crippen molar-refractivity contribution in [2.75, 3.05) is 6.61 Å². The Morgan fingerprint density at radius 2 is 2.31 bits per heavy atom.